The predicted molar refractivity (Wildman–Crippen MR) is 126 cm³/mol. The van der Waals surface area contributed by atoms with Gasteiger partial charge in [0.1, 0.15) is 5.25 Å². The number of hydrogen-bond donors (Lipinski definition) is 1. The van der Waals surface area contributed by atoms with E-state index in [-0.39, 0.29) is 17.2 Å². The van der Waals surface area contributed by atoms with Crippen molar-refractivity contribution in [3.8, 4) is 11.4 Å². The summed E-state index contributed by atoms with van der Waals surface area (Å²) in [7, 11) is 0. The molecular formula is C23H26ClN5OS. The van der Waals surface area contributed by atoms with Crippen LogP contribution in [0.5, 0.6) is 0 Å². The number of nitrogens with zero attached hydrogens (tertiary/aromatic N) is 4. The molecule has 0 spiro atoms. The fourth-order valence-electron chi connectivity index (χ4n) is 3.79. The molecule has 0 unspecified atom stereocenters. The Kier molecular flexibility index (Phi) is 6.83. The maximum Gasteiger partial charge on any atom is 0.238 e. The van der Waals surface area contributed by atoms with Crippen molar-refractivity contribution in [1.82, 2.24) is 19.8 Å². The Hall–Kier alpha value is -2.51. The van der Waals surface area contributed by atoms with Crippen LogP contribution in [0.3, 0.4) is 0 Å². The second kappa shape index (κ2) is 9.75. The quantitative estimate of drug-likeness (QED) is 0.542. The van der Waals surface area contributed by atoms with Crippen LogP contribution in [0.2, 0.25) is 5.02 Å². The number of thioether (sulfide) groups is 1. The number of carbonyl (C=O) groups excluding carboxylic acids is 1. The summed E-state index contributed by atoms with van der Waals surface area (Å²) in [6, 6.07) is 17.4. The average Bonchev–Trinajstić information content (AvgIpc) is 3.22. The summed E-state index contributed by atoms with van der Waals surface area (Å²) in [6.45, 7) is 5.70. The summed E-state index contributed by atoms with van der Waals surface area (Å²) < 4.78 is 1.90. The second-order valence-corrected chi connectivity index (χ2v) is 9.07. The van der Waals surface area contributed by atoms with Gasteiger partial charge in [0, 0.05) is 23.7 Å². The molecular weight excluding hydrogens is 430 g/mol. The molecule has 2 aromatic carbocycles. The third-order valence-electron chi connectivity index (χ3n) is 5.24. The largest absolute Gasteiger partial charge is 0.342 e. The Bertz CT molecular complexity index is 1020. The molecule has 0 radical (unpaired) electrons. The maximum atomic E-state index is 13.6. The van der Waals surface area contributed by atoms with E-state index in [2.05, 4.69) is 29.5 Å². The molecule has 1 aromatic heterocycles. The zero-order chi connectivity index (χ0) is 21.8. The Labute approximate surface area is 192 Å². The molecule has 162 valence electrons. The molecule has 8 heteroatoms. The minimum absolute atomic E-state index is 0.122. The molecule has 0 saturated heterocycles. The molecule has 2 atom stereocenters. The van der Waals surface area contributed by atoms with Crippen LogP contribution in [0.4, 0.5) is 0 Å². The number of rotatable bonds is 7. The molecule has 0 aliphatic carbocycles. The first kappa shape index (κ1) is 21.7. The minimum atomic E-state index is -0.348. The number of nitrogens with one attached hydrogen (secondary N) is 1. The van der Waals surface area contributed by atoms with E-state index in [4.69, 9.17) is 11.6 Å². The Balaban J connectivity index is 1.73. The fourth-order valence-corrected chi connectivity index (χ4v) is 5.08. The minimum Gasteiger partial charge on any atom is -0.342 e. The molecule has 0 bridgehead atoms. The zero-order valence-corrected chi connectivity index (χ0v) is 19.2. The van der Waals surface area contributed by atoms with Gasteiger partial charge in [-0.1, -0.05) is 79.7 Å². The normalized spacial score (nSPS) is 17.6. The van der Waals surface area contributed by atoms with Crippen LogP contribution < -0.4 is 5.43 Å². The molecule has 1 aliphatic rings. The van der Waals surface area contributed by atoms with Gasteiger partial charge in [0.2, 0.25) is 11.1 Å². The summed E-state index contributed by atoms with van der Waals surface area (Å²) in [5.41, 5.74) is 5.50. The molecule has 3 aromatic rings. The lowest BCUT2D eigenvalue weighted by Gasteiger charge is -2.36. The van der Waals surface area contributed by atoms with Gasteiger partial charge < -0.3 is 10.3 Å². The molecule has 31 heavy (non-hydrogen) atoms. The third kappa shape index (κ3) is 4.57. The number of amides is 1. The lowest BCUT2D eigenvalue weighted by molar-refractivity contribution is -0.131. The number of carbonyl (C=O) groups is 1. The summed E-state index contributed by atoms with van der Waals surface area (Å²) >= 11 is 7.60. The molecule has 4 rings (SSSR count). The SMILES string of the molecule is CCCN(CCC)C(=O)[C@H]1Sc2nnc(-c3ccccc3)n2N[C@H]1c1ccc(Cl)cc1. The summed E-state index contributed by atoms with van der Waals surface area (Å²) in [4.78, 5) is 15.6. The topological polar surface area (TPSA) is 63.1 Å². The Morgan fingerprint density at radius 2 is 1.74 bits per heavy atom. The Morgan fingerprint density at radius 1 is 1.06 bits per heavy atom. The monoisotopic (exact) mass is 455 g/mol. The number of fused-ring (bicyclic) bond motifs is 1. The zero-order valence-electron chi connectivity index (χ0n) is 17.7. The number of aromatic nitrogens is 3. The predicted octanol–water partition coefficient (Wildman–Crippen LogP) is 5.01. The van der Waals surface area contributed by atoms with Gasteiger partial charge in [-0.25, -0.2) is 4.68 Å². The molecule has 1 N–H and O–H groups in total. The van der Waals surface area contributed by atoms with Gasteiger partial charge in [0.05, 0.1) is 6.04 Å². The van der Waals surface area contributed by atoms with Gasteiger partial charge in [-0.2, -0.15) is 0 Å². The van der Waals surface area contributed by atoms with E-state index in [9.17, 15) is 4.79 Å². The van der Waals surface area contributed by atoms with Crippen LogP contribution in [0, 0.1) is 0 Å². The summed E-state index contributed by atoms with van der Waals surface area (Å²) in [5, 5.41) is 9.80. The summed E-state index contributed by atoms with van der Waals surface area (Å²) in [5.74, 6) is 0.851. The van der Waals surface area contributed by atoms with Crippen molar-refractivity contribution in [2.75, 3.05) is 18.5 Å². The van der Waals surface area contributed by atoms with Crippen molar-refractivity contribution in [2.45, 2.75) is 43.1 Å². The van der Waals surface area contributed by atoms with Crippen molar-refractivity contribution in [2.24, 2.45) is 0 Å². The molecule has 0 saturated carbocycles. The van der Waals surface area contributed by atoms with Gasteiger partial charge in [0.25, 0.3) is 0 Å². The number of halogens is 1. The summed E-state index contributed by atoms with van der Waals surface area (Å²) in [6.07, 6.45) is 1.85. The second-order valence-electron chi connectivity index (χ2n) is 7.53. The number of hydrogen-bond acceptors (Lipinski definition) is 5. The van der Waals surface area contributed by atoms with E-state index in [0.717, 1.165) is 42.9 Å². The standard InChI is InChI=1S/C23H26ClN5OS/c1-3-14-28(15-4-2)22(30)20-19(16-10-12-18(24)13-11-16)27-29-21(25-26-23(29)31-20)17-8-6-5-7-9-17/h5-13,19-20,27H,3-4,14-15H2,1-2H3/t19-,20-/m0/s1. The fraction of sp³-hybridized carbons (Fsp3) is 0.348. The van der Waals surface area contributed by atoms with Crippen LogP contribution >= 0.6 is 23.4 Å². The molecule has 6 nitrogen and oxygen atoms in total. The van der Waals surface area contributed by atoms with E-state index in [1.54, 1.807) is 0 Å². The van der Waals surface area contributed by atoms with Crippen LogP contribution in [-0.2, 0) is 4.79 Å². The molecule has 0 fully saturated rings. The van der Waals surface area contributed by atoms with E-state index in [0.29, 0.717) is 10.2 Å². The average molecular weight is 456 g/mol. The van der Waals surface area contributed by atoms with E-state index in [1.165, 1.54) is 11.8 Å². The van der Waals surface area contributed by atoms with Crippen molar-refractivity contribution in [3.05, 3.63) is 65.2 Å². The van der Waals surface area contributed by atoms with Gasteiger partial charge >= 0.3 is 0 Å². The van der Waals surface area contributed by atoms with Gasteiger partial charge in [-0.15, -0.1) is 10.2 Å². The molecule has 1 amide bonds. The lowest BCUT2D eigenvalue weighted by Crippen LogP contribution is -2.46. The van der Waals surface area contributed by atoms with E-state index in [1.807, 2.05) is 64.2 Å². The highest BCUT2D eigenvalue weighted by atomic mass is 35.5. The van der Waals surface area contributed by atoms with E-state index < -0.39 is 0 Å². The van der Waals surface area contributed by atoms with Crippen LogP contribution in [0.25, 0.3) is 11.4 Å². The third-order valence-corrected chi connectivity index (χ3v) is 6.69. The first-order valence-electron chi connectivity index (χ1n) is 10.6. The van der Waals surface area contributed by atoms with Crippen LogP contribution in [0.1, 0.15) is 38.3 Å². The van der Waals surface area contributed by atoms with Crippen LogP contribution in [-0.4, -0.2) is 44.0 Å². The van der Waals surface area contributed by atoms with Crippen molar-refractivity contribution < 1.29 is 4.79 Å². The number of benzene rings is 2. The van der Waals surface area contributed by atoms with Gasteiger partial charge in [-0.3, -0.25) is 4.79 Å². The van der Waals surface area contributed by atoms with Gasteiger partial charge in [0.15, 0.2) is 5.82 Å². The smallest absolute Gasteiger partial charge is 0.238 e. The van der Waals surface area contributed by atoms with Gasteiger partial charge in [-0.05, 0) is 30.5 Å². The molecule has 2 heterocycles. The first-order chi connectivity index (χ1) is 15.1. The van der Waals surface area contributed by atoms with Crippen molar-refractivity contribution in [3.63, 3.8) is 0 Å². The van der Waals surface area contributed by atoms with E-state index >= 15 is 0 Å². The van der Waals surface area contributed by atoms with Crippen LogP contribution in [0.15, 0.2) is 59.8 Å². The first-order valence-corrected chi connectivity index (χ1v) is 11.9. The lowest BCUT2D eigenvalue weighted by atomic mass is 10.0. The highest BCUT2D eigenvalue weighted by Gasteiger charge is 2.39. The maximum absolute atomic E-state index is 13.6. The highest BCUT2D eigenvalue weighted by molar-refractivity contribution is 8.00. The highest BCUT2D eigenvalue weighted by Crippen LogP contribution is 2.39. The van der Waals surface area contributed by atoms with Crippen molar-refractivity contribution >= 4 is 29.3 Å². The van der Waals surface area contributed by atoms with Crippen molar-refractivity contribution in [1.29, 1.82) is 0 Å². The Morgan fingerprint density at radius 3 is 2.39 bits per heavy atom. The molecule has 1 aliphatic heterocycles.